The summed E-state index contributed by atoms with van der Waals surface area (Å²) in [6.45, 7) is 3.89. The zero-order valence-electron chi connectivity index (χ0n) is 8.90. The lowest BCUT2D eigenvalue weighted by molar-refractivity contribution is -0.121. The lowest BCUT2D eigenvalue weighted by atomic mass is 10.2. The largest absolute Gasteiger partial charge is 0.347 e. The average molecular weight is 271 g/mol. The molecule has 0 aliphatic rings. The number of hydrogen-bond donors (Lipinski definition) is 1. The zero-order valence-corrected chi connectivity index (χ0v) is 10.5. The number of carbonyl (C=O) groups is 1. The van der Waals surface area contributed by atoms with Crippen LogP contribution >= 0.6 is 15.9 Å². The second-order valence-corrected chi connectivity index (χ2v) is 4.47. The fraction of sp³-hybridized carbons (Fsp3) is 0.455. The van der Waals surface area contributed by atoms with Crippen molar-refractivity contribution in [3.63, 3.8) is 0 Å². The van der Waals surface area contributed by atoms with Gasteiger partial charge in [0.05, 0.1) is 16.6 Å². The summed E-state index contributed by atoms with van der Waals surface area (Å²) in [6, 6.07) is 5.62. The van der Waals surface area contributed by atoms with Crippen LogP contribution in [-0.4, -0.2) is 15.7 Å². The molecule has 0 bridgehead atoms. The molecule has 1 amide bonds. The van der Waals surface area contributed by atoms with Gasteiger partial charge in [-0.05, 0) is 25.5 Å². The van der Waals surface area contributed by atoms with E-state index in [2.05, 4.69) is 26.2 Å². The number of hydrogen-bond acceptors (Lipinski definition) is 2. The number of alkyl halides is 1. The minimum atomic E-state index is -0.122. The minimum Gasteiger partial charge on any atom is -0.347 e. The van der Waals surface area contributed by atoms with E-state index in [1.54, 1.807) is 6.20 Å². The minimum absolute atomic E-state index is 0.00986. The molecule has 1 N–H and O–H groups in total. The first kappa shape index (κ1) is 12.2. The Labute approximate surface area is 98.4 Å². The molecule has 0 aliphatic heterocycles. The standard InChI is InChI=1S/C11H15BrN2O/c1-3-9(12)11(15)14-8(2)10-6-4-5-7-13-10/h4-9H,3H2,1-2H3,(H,14,15)/t8-,9?/m0/s1. The summed E-state index contributed by atoms with van der Waals surface area (Å²) >= 11 is 3.31. The Kier molecular flexibility index (Phi) is 4.75. The van der Waals surface area contributed by atoms with Crippen LogP contribution < -0.4 is 5.32 Å². The summed E-state index contributed by atoms with van der Waals surface area (Å²) < 4.78 is 0. The van der Waals surface area contributed by atoms with Gasteiger partial charge in [0.25, 0.3) is 0 Å². The Hall–Kier alpha value is -0.900. The van der Waals surface area contributed by atoms with Crippen molar-refractivity contribution in [1.29, 1.82) is 0 Å². The summed E-state index contributed by atoms with van der Waals surface area (Å²) in [4.78, 5) is 15.6. The second kappa shape index (κ2) is 5.85. The maximum absolute atomic E-state index is 11.6. The van der Waals surface area contributed by atoms with Crippen molar-refractivity contribution in [3.05, 3.63) is 30.1 Å². The van der Waals surface area contributed by atoms with Gasteiger partial charge in [-0.3, -0.25) is 9.78 Å². The number of rotatable bonds is 4. The maximum Gasteiger partial charge on any atom is 0.234 e. The fourth-order valence-electron chi connectivity index (χ4n) is 1.20. The van der Waals surface area contributed by atoms with Crippen LogP contribution in [0.25, 0.3) is 0 Å². The Bertz CT molecular complexity index is 316. The normalized spacial score (nSPS) is 14.3. The van der Waals surface area contributed by atoms with Gasteiger partial charge in [0.15, 0.2) is 0 Å². The van der Waals surface area contributed by atoms with E-state index in [0.29, 0.717) is 0 Å². The van der Waals surface area contributed by atoms with E-state index in [-0.39, 0.29) is 16.8 Å². The van der Waals surface area contributed by atoms with Gasteiger partial charge in [0, 0.05) is 6.20 Å². The van der Waals surface area contributed by atoms with Gasteiger partial charge in [-0.25, -0.2) is 0 Å². The Morgan fingerprint density at radius 2 is 2.33 bits per heavy atom. The van der Waals surface area contributed by atoms with Crippen LogP contribution in [0.4, 0.5) is 0 Å². The molecular formula is C11H15BrN2O. The zero-order chi connectivity index (χ0) is 11.3. The maximum atomic E-state index is 11.6. The van der Waals surface area contributed by atoms with Crippen molar-refractivity contribution in [3.8, 4) is 0 Å². The monoisotopic (exact) mass is 270 g/mol. The van der Waals surface area contributed by atoms with Crippen molar-refractivity contribution < 1.29 is 4.79 Å². The molecule has 0 aliphatic carbocycles. The predicted molar refractivity (Wildman–Crippen MR) is 63.8 cm³/mol. The summed E-state index contributed by atoms with van der Waals surface area (Å²) in [7, 11) is 0. The van der Waals surface area contributed by atoms with Gasteiger partial charge >= 0.3 is 0 Å². The van der Waals surface area contributed by atoms with Crippen molar-refractivity contribution in [2.75, 3.05) is 0 Å². The molecule has 0 radical (unpaired) electrons. The lowest BCUT2D eigenvalue weighted by Gasteiger charge is -2.15. The molecule has 1 aromatic rings. The van der Waals surface area contributed by atoms with E-state index < -0.39 is 0 Å². The van der Waals surface area contributed by atoms with Crippen LogP contribution in [0.1, 0.15) is 32.0 Å². The van der Waals surface area contributed by atoms with Crippen LogP contribution in [0.2, 0.25) is 0 Å². The molecule has 3 nitrogen and oxygen atoms in total. The van der Waals surface area contributed by atoms with Gasteiger partial charge < -0.3 is 5.32 Å². The Morgan fingerprint density at radius 1 is 1.60 bits per heavy atom. The van der Waals surface area contributed by atoms with Crippen LogP contribution in [0.5, 0.6) is 0 Å². The number of aromatic nitrogens is 1. The Morgan fingerprint density at radius 3 is 2.87 bits per heavy atom. The van der Waals surface area contributed by atoms with E-state index >= 15 is 0 Å². The van der Waals surface area contributed by atoms with Gasteiger partial charge in [-0.1, -0.05) is 28.9 Å². The third-order valence-electron chi connectivity index (χ3n) is 2.13. The second-order valence-electron chi connectivity index (χ2n) is 3.36. The molecule has 1 unspecified atom stereocenters. The van der Waals surface area contributed by atoms with E-state index in [1.807, 2.05) is 32.0 Å². The van der Waals surface area contributed by atoms with E-state index in [4.69, 9.17) is 0 Å². The molecule has 0 aromatic carbocycles. The fourth-order valence-corrected chi connectivity index (χ4v) is 1.33. The van der Waals surface area contributed by atoms with Crippen molar-refractivity contribution in [2.45, 2.75) is 31.1 Å². The van der Waals surface area contributed by atoms with Crippen LogP contribution in [0.15, 0.2) is 24.4 Å². The molecule has 0 saturated heterocycles. The molecule has 82 valence electrons. The van der Waals surface area contributed by atoms with Crippen LogP contribution in [0.3, 0.4) is 0 Å². The highest BCUT2D eigenvalue weighted by molar-refractivity contribution is 9.10. The van der Waals surface area contributed by atoms with Crippen LogP contribution in [0, 0.1) is 0 Å². The molecule has 1 heterocycles. The van der Waals surface area contributed by atoms with Crippen molar-refractivity contribution in [1.82, 2.24) is 10.3 Å². The molecule has 0 spiro atoms. The van der Waals surface area contributed by atoms with Crippen LogP contribution in [-0.2, 0) is 4.79 Å². The number of amides is 1. The summed E-state index contributed by atoms with van der Waals surface area (Å²) in [5.41, 5.74) is 0.877. The third kappa shape index (κ3) is 3.63. The highest BCUT2D eigenvalue weighted by Gasteiger charge is 2.15. The van der Waals surface area contributed by atoms with E-state index in [0.717, 1.165) is 12.1 Å². The van der Waals surface area contributed by atoms with Gasteiger partial charge in [-0.15, -0.1) is 0 Å². The average Bonchev–Trinajstić information content (AvgIpc) is 2.29. The smallest absolute Gasteiger partial charge is 0.234 e. The molecule has 2 atom stereocenters. The first-order valence-corrected chi connectivity index (χ1v) is 5.92. The highest BCUT2D eigenvalue weighted by atomic mass is 79.9. The van der Waals surface area contributed by atoms with Crippen molar-refractivity contribution in [2.24, 2.45) is 0 Å². The highest BCUT2D eigenvalue weighted by Crippen LogP contribution is 2.11. The molecular weight excluding hydrogens is 256 g/mol. The summed E-state index contributed by atoms with van der Waals surface area (Å²) in [5, 5.41) is 2.90. The van der Waals surface area contributed by atoms with Gasteiger partial charge in [-0.2, -0.15) is 0 Å². The summed E-state index contributed by atoms with van der Waals surface area (Å²) in [6.07, 6.45) is 2.50. The van der Waals surface area contributed by atoms with Crippen molar-refractivity contribution >= 4 is 21.8 Å². The van der Waals surface area contributed by atoms with E-state index in [1.165, 1.54) is 0 Å². The lowest BCUT2D eigenvalue weighted by Crippen LogP contribution is -2.33. The molecule has 1 rings (SSSR count). The van der Waals surface area contributed by atoms with Gasteiger partial charge in [0.2, 0.25) is 5.91 Å². The number of carbonyl (C=O) groups excluding carboxylic acids is 1. The topological polar surface area (TPSA) is 42.0 Å². The molecule has 1 aromatic heterocycles. The third-order valence-corrected chi connectivity index (χ3v) is 3.20. The Balaban J connectivity index is 2.56. The quantitative estimate of drug-likeness (QED) is 0.854. The number of pyridine rings is 1. The number of halogens is 1. The SMILES string of the molecule is CCC(Br)C(=O)N[C@@H](C)c1ccccn1. The predicted octanol–water partition coefficient (Wildman–Crippen LogP) is 2.43. The summed E-state index contributed by atoms with van der Waals surface area (Å²) in [5.74, 6) is 0.00986. The molecule has 0 fully saturated rings. The number of nitrogens with zero attached hydrogens (tertiary/aromatic N) is 1. The molecule has 15 heavy (non-hydrogen) atoms. The van der Waals surface area contributed by atoms with E-state index in [9.17, 15) is 4.79 Å². The first-order valence-electron chi connectivity index (χ1n) is 5.00. The van der Waals surface area contributed by atoms with Gasteiger partial charge in [0.1, 0.15) is 0 Å². The molecule has 4 heteroatoms. The number of nitrogens with one attached hydrogen (secondary N) is 1. The molecule has 0 saturated carbocycles. The first-order chi connectivity index (χ1) is 7.15.